The lowest BCUT2D eigenvalue weighted by atomic mass is 10.1. The van der Waals surface area contributed by atoms with Crippen LogP contribution in [0.15, 0.2) is 54.2 Å². The number of aromatic nitrogens is 2. The van der Waals surface area contributed by atoms with Crippen LogP contribution in [0, 0.1) is 0 Å². The fraction of sp³-hybridized carbons (Fsp3) is 0.480. The van der Waals surface area contributed by atoms with E-state index < -0.39 is 5.66 Å². The average molecular weight is 499 g/mol. The molecule has 1 aromatic carbocycles. The standard InChI is InChI=1S/C25H34N6O3S/c1-3-4-14-35-15-8-20(29-25(2)9-11-28-24(30-25)31-13-12-26-17-31)23(32)27-10-7-19-5-6-21-22(16-19)34-18-33-21/h5-6,9,11-13,16-17,20,29H,3-4,7-8,10,14-15,18H2,1-2H3,(H,27,32)(H,28,30). The van der Waals surface area contributed by atoms with Crippen molar-refractivity contribution in [2.75, 3.05) is 24.8 Å². The average Bonchev–Trinajstić information content (AvgIpc) is 3.55. The minimum atomic E-state index is -0.724. The van der Waals surface area contributed by atoms with Crippen LogP contribution in [0.25, 0.3) is 0 Å². The number of benzene rings is 1. The summed E-state index contributed by atoms with van der Waals surface area (Å²) in [7, 11) is 0. The van der Waals surface area contributed by atoms with Crippen molar-refractivity contribution >= 4 is 23.6 Å². The van der Waals surface area contributed by atoms with Crippen molar-refractivity contribution in [2.24, 2.45) is 4.99 Å². The highest BCUT2D eigenvalue weighted by Crippen LogP contribution is 2.32. The fourth-order valence-electron chi connectivity index (χ4n) is 3.89. The molecular weight excluding hydrogens is 464 g/mol. The van der Waals surface area contributed by atoms with Crippen molar-refractivity contribution in [3.63, 3.8) is 0 Å². The van der Waals surface area contributed by atoms with E-state index in [9.17, 15) is 4.79 Å². The second kappa shape index (κ2) is 12.1. The summed E-state index contributed by atoms with van der Waals surface area (Å²) in [5.74, 6) is 4.17. The third-order valence-electron chi connectivity index (χ3n) is 5.83. The van der Waals surface area contributed by atoms with Gasteiger partial charge in [0.15, 0.2) is 11.5 Å². The van der Waals surface area contributed by atoms with Crippen LogP contribution in [0.1, 0.15) is 38.7 Å². The Balaban J connectivity index is 1.37. The van der Waals surface area contributed by atoms with Crippen LogP contribution >= 0.6 is 11.8 Å². The largest absolute Gasteiger partial charge is 0.454 e. The molecule has 0 radical (unpaired) electrons. The second-order valence-electron chi connectivity index (χ2n) is 8.71. The van der Waals surface area contributed by atoms with Crippen LogP contribution in [-0.2, 0) is 11.2 Å². The smallest absolute Gasteiger partial charge is 0.237 e. The lowest BCUT2D eigenvalue weighted by Gasteiger charge is -2.32. The Labute approximate surface area is 210 Å². The van der Waals surface area contributed by atoms with Crippen molar-refractivity contribution in [1.29, 1.82) is 0 Å². The van der Waals surface area contributed by atoms with Gasteiger partial charge in [-0.25, -0.2) is 9.98 Å². The molecule has 10 heteroatoms. The van der Waals surface area contributed by atoms with Gasteiger partial charge in [-0.1, -0.05) is 19.4 Å². The van der Waals surface area contributed by atoms with Gasteiger partial charge in [-0.05, 0) is 61.5 Å². The molecule has 2 aliphatic heterocycles. The van der Waals surface area contributed by atoms with Gasteiger partial charge < -0.3 is 20.1 Å². The van der Waals surface area contributed by atoms with Gasteiger partial charge in [-0.3, -0.25) is 14.7 Å². The first kappa shape index (κ1) is 25.1. The van der Waals surface area contributed by atoms with Gasteiger partial charge in [0.05, 0.1) is 6.04 Å². The lowest BCUT2D eigenvalue weighted by molar-refractivity contribution is -0.123. The van der Waals surface area contributed by atoms with E-state index >= 15 is 0 Å². The predicted octanol–water partition coefficient (Wildman–Crippen LogP) is 2.89. The molecule has 4 rings (SSSR count). The molecule has 0 aliphatic carbocycles. The highest BCUT2D eigenvalue weighted by molar-refractivity contribution is 7.99. The quantitative estimate of drug-likeness (QED) is 0.387. The lowest BCUT2D eigenvalue weighted by Crippen LogP contribution is -2.55. The van der Waals surface area contributed by atoms with E-state index in [1.807, 2.05) is 59.9 Å². The first-order chi connectivity index (χ1) is 17.1. The molecule has 3 heterocycles. The van der Waals surface area contributed by atoms with E-state index in [-0.39, 0.29) is 18.7 Å². The fourth-order valence-corrected chi connectivity index (χ4v) is 4.99. The topological polar surface area (TPSA) is 102 Å². The zero-order valence-corrected chi connectivity index (χ0v) is 21.1. The van der Waals surface area contributed by atoms with Gasteiger partial charge >= 0.3 is 0 Å². The number of nitrogens with one attached hydrogen (secondary N) is 3. The third-order valence-corrected chi connectivity index (χ3v) is 6.94. The first-order valence-corrected chi connectivity index (χ1v) is 13.3. The molecule has 9 nitrogen and oxygen atoms in total. The molecule has 1 amide bonds. The van der Waals surface area contributed by atoms with E-state index in [2.05, 4.69) is 27.9 Å². The van der Waals surface area contributed by atoms with E-state index in [1.165, 1.54) is 12.8 Å². The van der Waals surface area contributed by atoms with Gasteiger partial charge in [0.25, 0.3) is 0 Å². The van der Waals surface area contributed by atoms with Crippen molar-refractivity contribution in [1.82, 2.24) is 25.5 Å². The monoisotopic (exact) mass is 498 g/mol. The minimum Gasteiger partial charge on any atom is -0.454 e. The molecule has 2 unspecified atom stereocenters. The van der Waals surface area contributed by atoms with Crippen LogP contribution in [0.3, 0.4) is 0 Å². The van der Waals surface area contributed by atoms with Crippen LogP contribution in [0.2, 0.25) is 0 Å². The number of thioether (sulfide) groups is 1. The molecule has 0 bridgehead atoms. The maximum atomic E-state index is 13.2. The third kappa shape index (κ3) is 7.02. The molecular formula is C25H34N6O3S. The highest BCUT2D eigenvalue weighted by atomic mass is 32.2. The molecule has 1 aromatic heterocycles. The Morgan fingerprint density at radius 1 is 1.31 bits per heavy atom. The number of carbonyl (C=O) groups is 1. The Hall–Kier alpha value is -2.98. The molecule has 188 valence electrons. The number of aliphatic imine (C=N–C) groups is 1. The Kier molecular flexibility index (Phi) is 8.70. The van der Waals surface area contributed by atoms with E-state index in [1.54, 1.807) is 12.5 Å². The Morgan fingerprint density at radius 2 is 2.20 bits per heavy atom. The number of hydrogen-bond donors (Lipinski definition) is 3. The van der Waals surface area contributed by atoms with Crippen molar-refractivity contribution in [2.45, 2.75) is 51.2 Å². The summed E-state index contributed by atoms with van der Waals surface area (Å²) >= 11 is 1.89. The van der Waals surface area contributed by atoms with Crippen LogP contribution in [-0.4, -0.2) is 58.0 Å². The van der Waals surface area contributed by atoms with Gasteiger partial charge in [-0.2, -0.15) is 11.8 Å². The normalized spacial score (nSPS) is 19.2. The number of unbranched alkanes of at least 4 members (excludes halogenated alkanes) is 1. The van der Waals surface area contributed by atoms with Crippen molar-refractivity contribution < 1.29 is 14.3 Å². The number of imidazole rings is 1. The second-order valence-corrected chi connectivity index (χ2v) is 9.94. The van der Waals surface area contributed by atoms with Crippen molar-refractivity contribution in [3.05, 3.63) is 54.8 Å². The van der Waals surface area contributed by atoms with Crippen molar-refractivity contribution in [3.8, 4) is 11.5 Å². The molecule has 2 aromatic rings. The van der Waals surface area contributed by atoms with Gasteiger partial charge in [0.2, 0.25) is 18.7 Å². The number of fused-ring (bicyclic) bond motifs is 1. The first-order valence-electron chi connectivity index (χ1n) is 12.1. The summed E-state index contributed by atoms with van der Waals surface area (Å²) in [4.78, 5) is 22.1. The summed E-state index contributed by atoms with van der Waals surface area (Å²) in [6.45, 7) is 4.96. The molecule has 0 saturated carbocycles. The zero-order valence-electron chi connectivity index (χ0n) is 20.3. The maximum Gasteiger partial charge on any atom is 0.237 e. The number of ether oxygens (including phenoxy) is 2. The van der Waals surface area contributed by atoms with Gasteiger partial charge in [0.1, 0.15) is 12.0 Å². The van der Waals surface area contributed by atoms with Crippen LogP contribution in [0.5, 0.6) is 11.5 Å². The Morgan fingerprint density at radius 3 is 3.03 bits per heavy atom. The Bertz CT molecular complexity index is 1040. The number of nitrogens with zero attached hydrogens (tertiary/aromatic N) is 3. The molecule has 0 spiro atoms. The maximum absolute atomic E-state index is 13.2. The van der Waals surface area contributed by atoms with Gasteiger partial charge in [-0.15, -0.1) is 0 Å². The molecule has 0 fully saturated rings. The minimum absolute atomic E-state index is 0.0191. The number of hydrogen-bond acceptors (Lipinski definition) is 8. The summed E-state index contributed by atoms with van der Waals surface area (Å²) in [5.41, 5.74) is 0.371. The van der Waals surface area contributed by atoms with E-state index in [0.29, 0.717) is 18.9 Å². The van der Waals surface area contributed by atoms with Crippen LogP contribution < -0.4 is 25.4 Å². The molecule has 0 saturated heterocycles. The number of carbonyl (C=O) groups excluding carboxylic acids is 1. The van der Waals surface area contributed by atoms with Gasteiger partial charge in [0, 0.05) is 25.1 Å². The van der Waals surface area contributed by atoms with Crippen LogP contribution in [0.4, 0.5) is 0 Å². The molecule has 35 heavy (non-hydrogen) atoms. The number of rotatable bonds is 12. The molecule has 2 aliphatic rings. The number of amides is 1. The zero-order chi connectivity index (χ0) is 24.5. The predicted molar refractivity (Wildman–Crippen MR) is 139 cm³/mol. The summed E-state index contributed by atoms with van der Waals surface area (Å²) in [6.07, 6.45) is 12.8. The molecule has 3 N–H and O–H groups in total. The SMILES string of the molecule is CCCCSCCC(NC1(C)C=CNC(n2ccnc2)=N1)C(=O)NCCc1ccc2c(c1)OCO2. The summed E-state index contributed by atoms with van der Waals surface area (Å²) in [6, 6.07) is 5.52. The van der Waals surface area contributed by atoms with E-state index in [4.69, 9.17) is 14.5 Å². The van der Waals surface area contributed by atoms with E-state index in [0.717, 1.165) is 35.0 Å². The summed E-state index contributed by atoms with van der Waals surface area (Å²) < 4.78 is 12.6. The highest BCUT2D eigenvalue weighted by Gasteiger charge is 2.30. The molecule has 2 atom stereocenters. The summed E-state index contributed by atoms with van der Waals surface area (Å²) in [5, 5.41) is 9.74.